The van der Waals surface area contributed by atoms with Gasteiger partial charge in [-0.2, -0.15) is 21.6 Å². The van der Waals surface area contributed by atoms with Crippen LogP contribution in [0.25, 0.3) is 0 Å². The molecule has 0 atom stereocenters. The number of allylic oxidation sites excluding steroid dienone is 1. The molecule has 0 aromatic rings. The molecule has 0 N–H and O–H groups in total. The quantitative estimate of drug-likeness (QED) is 0.284. The molecule has 0 aromatic carbocycles. The molecule has 1 aliphatic rings. The molecule has 0 amide bonds. The summed E-state index contributed by atoms with van der Waals surface area (Å²) < 4.78 is 63.2. The fourth-order valence-electron chi connectivity index (χ4n) is 2.36. The van der Waals surface area contributed by atoms with Crippen molar-refractivity contribution in [3.8, 4) is 0 Å². The van der Waals surface area contributed by atoms with Crippen molar-refractivity contribution in [2.24, 2.45) is 5.92 Å². The zero-order valence-electron chi connectivity index (χ0n) is 11.7. The Morgan fingerprint density at radius 1 is 0.913 bits per heavy atom. The highest BCUT2D eigenvalue weighted by Crippen LogP contribution is 2.79. The van der Waals surface area contributed by atoms with Crippen molar-refractivity contribution in [1.29, 1.82) is 0 Å². The molecule has 1 saturated carbocycles. The summed E-state index contributed by atoms with van der Waals surface area (Å²) in [5.74, 6) is -3.12. The third-order valence-electron chi connectivity index (χ3n) is 3.90. The fourth-order valence-corrected chi connectivity index (χ4v) is 2.83. The highest BCUT2D eigenvalue weighted by atomic mass is 32.2. The average molecular weight is 323 g/mol. The Morgan fingerprint density at radius 2 is 1.22 bits per heavy atom. The lowest BCUT2D eigenvalue weighted by Gasteiger charge is -2.51. The van der Waals surface area contributed by atoms with Crippen LogP contribution in [0.2, 0.25) is 20.9 Å². The van der Waals surface area contributed by atoms with Crippen LogP contribution >= 0.6 is 0 Å². The van der Waals surface area contributed by atoms with Gasteiger partial charge in [0.05, 0.1) is 62.8 Å². The second-order valence-corrected chi connectivity index (χ2v) is 7.02. The number of hydrogen-bond acceptors (Lipinski definition) is 3. The maximum absolute atomic E-state index is 12.4. The first-order chi connectivity index (χ1) is 9.75. The van der Waals surface area contributed by atoms with E-state index in [2.05, 4.69) is 10.8 Å². The van der Waals surface area contributed by atoms with E-state index in [1.807, 2.05) is 0 Å². The van der Waals surface area contributed by atoms with Crippen LogP contribution < -0.4 is 0 Å². The number of halogens is 3. The topological polar surface area (TPSA) is 43.4 Å². The summed E-state index contributed by atoms with van der Waals surface area (Å²) in [6.07, 6.45) is 0. The van der Waals surface area contributed by atoms with E-state index >= 15 is 0 Å². The molecule has 0 unspecified atom stereocenters. The van der Waals surface area contributed by atoms with Gasteiger partial charge in [-0.1, -0.05) is 6.58 Å². The predicted octanol–water partition coefficient (Wildman–Crippen LogP) is -1.19. The molecule has 1 fully saturated rings. The van der Waals surface area contributed by atoms with Gasteiger partial charge >= 0.3 is 15.6 Å². The lowest BCUT2D eigenvalue weighted by Crippen LogP contribution is -2.39. The van der Waals surface area contributed by atoms with Gasteiger partial charge in [-0.15, -0.1) is 20.9 Å². The summed E-state index contributed by atoms with van der Waals surface area (Å²) in [5.41, 5.74) is -5.75. The molecular weight excluding hydrogens is 320 g/mol. The Kier molecular flexibility index (Phi) is 4.67. The molecule has 16 radical (unpaired) electrons. The first kappa shape index (κ1) is 20.8. The van der Waals surface area contributed by atoms with Gasteiger partial charge in [-0.25, -0.2) is 0 Å². The molecule has 0 saturated heterocycles. The molecule has 1 rings (SSSR count). The first-order valence-electron chi connectivity index (χ1n) is 5.75. The van der Waals surface area contributed by atoms with Gasteiger partial charge < -0.3 is 4.18 Å². The molecule has 0 spiro atoms. The van der Waals surface area contributed by atoms with Crippen LogP contribution in [0.5, 0.6) is 0 Å². The Labute approximate surface area is 143 Å². The first-order valence-corrected chi connectivity index (χ1v) is 7.16. The van der Waals surface area contributed by atoms with Crippen molar-refractivity contribution in [3.63, 3.8) is 0 Å². The summed E-state index contributed by atoms with van der Waals surface area (Å²) in [4.78, 5) is 0. The van der Waals surface area contributed by atoms with E-state index in [0.717, 1.165) is 0 Å². The summed E-state index contributed by atoms with van der Waals surface area (Å²) in [7, 11) is 39.1. The van der Waals surface area contributed by atoms with Crippen LogP contribution in [0.4, 0.5) is 13.2 Å². The molecule has 15 heteroatoms. The summed E-state index contributed by atoms with van der Waals surface area (Å²) in [6, 6.07) is 0. The second-order valence-electron chi connectivity index (χ2n) is 5.49. The number of rotatable bonds is 3. The normalized spacial score (nSPS) is 25.7. The van der Waals surface area contributed by atoms with E-state index in [9.17, 15) is 21.6 Å². The van der Waals surface area contributed by atoms with Crippen molar-refractivity contribution in [1.82, 2.24) is 0 Å². The molecule has 23 heavy (non-hydrogen) atoms. The van der Waals surface area contributed by atoms with Crippen molar-refractivity contribution in [2.75, 3.05) is 0 Å². The monoisotopic (exact) mass is 324 g/mol. The maximum atomic E-state index is 12.4. The van der Waals surface area contributed by atoms with Crippen molar-refractivity contribution in [2.45, 2.75) is 26.4 Å². The van der Waals surface area contributed by atoms with Gasteiger partial charge in [0, 0.05) is 0 Å². The van der Waals surface area contributed by atoms with E-state index in [1.54, 1.807) is 0 Å². The van der Waals surface area contributed by atoms with Crippen LogP contribution in [0.1, 0.15) is 0 Å². The van der Waals surface area contributed by atoms with E-state index in [4.69, 9.17) is 62.8 Å². The third-order valence-corrected chi connectivity index (χ3v) is 4.90. The molecule has 1 aliphatic carbocycles. The SMILES string of the molecule is [B]C1([B])C(C(=C)OS(=O)(=O)C(F)(F)F)C([B])([B])C([B])([B])C1([B])[B]. The van der Waals surface area contributed by atoms with Gasteiger partial charge in [0.2, 0.25) is 0 Å². The van der Waals surface area contributed by atoms with Gasteiger partial charge in [0.15, 0.2) is 0 Å². The highest BCUT2D eigenvalue weighted by Gasteiger charge is 2.65. The molecular formula is C8H3B8F3O3S. The lowest BCUT2D eigenvalue weighted by molar-refractivity contribution is -0.0527. The Bertz CT molecular complexity index is 601. The van der Waals surface area contributed by atoms with E-state index in [0.29, 0.717) is 0 Å². The van der Waals surface area contributed by atoms with Gasteiger partial charge in [0.25, 0.3) is 0 Å². The molecule has 0 bridgehead atoms. The number of alkyl halides is 3. The molecule has 0 aliphatic heterocycles. The average Bonchev–Trinajstić information content (AvgIpc) is 2.30. The standard InChI is InChI=1S/C8H3B8F3O3S/c1-2(22-23(20,21)8(17,18)19)3-4(9,10)6(13,14)7(15,16)5(3,11)12/h3H,1H2. The second kappa shape index (κ2) is 5.15. The Morgan fingerprint density at radius 3 is 1.48 bits per heavy atom. The molecule has 0 heterocycles. The van der Waals surface area contributed by atoms with Gasteiger partial charge in [-0.05, 0) is 5.92 Å². The Balaban J connectivity index is 3.40. The minimum absolute atomic E-state index is 1.17. The predicted molar refractivity (Wildman–Crippen MR) is 85.5 cm³/mol. The fraction of sp³-hybridized carbons (Fsp3) is 0.750. The lowest BCUT2D eigenvalue weighted by atomic mass is 9.17. The molecule has 3 nitrogen and oxygen atoms in total. The zero-order valence-corrected chi connectivity index (χ0v) is 12.5. The van der Waals surface area contributed by atoms with Crippen LogP contribution in [0.15, 0.2) is 12.3 Å². The van der Waals surface area contributed by atoms with Crippen molar-refractivity contribution < 1.29 is 25.8 Å². The summed E-state index contributed by atoms with van der Waals surface area (Å²) >= 11 is 0. The molecule has 0 aromatic heterocycles. The van der Waals surface area contributed by atoms with E-state index < -0.39 is 48.2 Å². The summed E-state index contributed by atoms with van der Waals surface area (Å²) in [5, 5.41) is -9.78. The minimum atomic E-state index is -6.09. The van der Waals surface area contributed by atoms with E-state index in [-0.39, 0.29) is 0 Å². The van der Waals surface area contributed by atoms with Crippen LogP contribution in [0, 0.1) is 5.92 Å². The molecule has 104 valence electrons. The van der Waals surface area contributed by atoms with Crippen molar-refractivity contribution >= 4 is 72.9 Å². The zero-order chi connectivity index (χ0) is 18.9. The van der Waals surface area contributed by atoms with Gasteiger partial charge in [0.1, 0.15) is 5.76 Å². The highest BCUT2D eigenvalue weighted by molar-refractivity contribution is 7.87. The minimum Gasteiger partial charge on any atom is -0.381 e. The van der Waals surface area contributed by atoms with Crippen molar-refractivity contribution in [3.05, 3.63) is 12.3 Å². The largest absolute Gasteiger partial charge is 0.534 e. The van der Waals surface area contributed by atoms with Crippen LogP contribution in [0.3, 0.4) is 0 Å². The Hall–Kier alpha value is -0.201. The van der Waals surface area contributed by atoms with Crippen LogP contribution in [-0.2, 0) is 14.3 Å². The number of hydrogen-bond donors (Lipinski definition) is 0. The smallest absolute Gasteiger partial charge is 0.381 e. The van der Waals surface area contributed by atoms with Crippen LogP contribution in [-0.4, -0.2) is 76.7 Å². The summed E-state index contributed by atoms with van der Waals surface area (Å²) in [6.45, 7) is 3.01. The maximum Gasteiger partial charge on any atom is 0.534 e. The van der Waals surface area contributed by atoms with E-state index in [1.165, 1.54) is 0 Å². The van der Waals surface area contributed by atoms with Gasteiger partial charge in [-0.3, -0.25) is 0 Å². The third kappa shape index (κ3) is 2.65.